The number of hydrogen-bond donors (Lipinski definition) is 0. The molecule has 66 heavy (non-hydrogen) atoms. The van der Waals surface area contributed by atoms with Crippen molar-refractivity contribution in [2.75, 3.05) is 0 Å². The van der Waals surface area contributed by atoms with Crippen LogP contribution in [0.1, 0.15) is 48.8 Å². The van der Waals surface area contributed by atoms with E-state index < -0.39 is 0 Å². The average molecular weight is 847 g/mol. The van der Waals surface area contributed by atoms with Gasteiger partial charge in [-0.3, -0.25) is 0 Å². The van der Waals surface area contributed by atoms with Crippen molar-refractivity contribution in [3.05, 3.63) is 247 Å². The molecule has 1 unspecified atom stereocenters. The molecule has 2 heterocycles. The Morgan fingerprint density at radius 2 is 0.924 bits per heavy atom. The van der Waals surface area contributed by atoms with Gasteiger partial charge in [0.05, 0.1) is 22.1 Å². The summed E-state index contributed by atoms with van der Waals surface area (Å²) < 4.78 is 4.86. The first-order valence-electron chi connectivity index (χ1n) is 23.6. The van der Waals surface area contributed by atoms with Crippen molar-refractivity contribution in [1.29, 1.82) is 0 Å². The fourth-order valence-electron chi connectivity index (χ4n) is 10.4. The van der Waals surface area contributed by atoms with Gasteiger partial charge in [0.15, 0.2) is 0 Å². The van der Waals surface area contributed by atoms with E-state index in [9.17, 15) is 0 Å². The second-order valence-electron chi connectivity index (χ2n) is 17.9. The normalized spacial score (nSPS) is 13.8. The Bertz CT molecular complexity index is 3620. The molecule has 0 amide bonds. The Balaban J connectivity index is 0.851. The van der Waals surface area contributed by atoms with E-state index in [1.807, 2.05) is 0 Å². The zero-order chi connectivity index (χ0) is 44.0. The first-order valence-corrected chi connectivity index (χ1v) is 23.6. The van der Waals surface area contributed by atoms with Crippen LogP contribution in [0.5, 0.6) is 0 Å². The molecule has 9 aromatic carbocycles. The van der Waals surface area contributed by atoms with Gasteiger partial charge in [0.25, 0.3) is 0 Å². The minimum atomic E-state index is 0.334. The van der Waals surface area contributed by atoms with E-state index in [2.05, 4.69) is 247 Å². The molecule has 0 saturated carbocycles. The lowest BCUT2D eigenvalue weighted by atomic mass is 9.88. The molecule has 12 rings (SSSR count). The zero-order valence-corrected chi connectivity index (χ0v) is 37.2. The highest BCUT2D eigenvalue weighted by atomic mass is 15.0. The SMILES string of the molecule is CCCCc1ccc(C2=CCC(c3cccc(-n4c5ccccc5c5cc(-c6ccc7c(c6)c6ccccc6n7-c6ccc(-c7ccc(-c8ccccc8)cc7)cc6)ccc54)c3)C=C2)cc1. The molecule has 0 bridgehead atoms. The summed E-state index contributed by atoms with van der Waals surface area (Å²) in [5.41, 5.74) is 19.9. The molecule has 0 radical (unpaired) electrons. The standard InChI is InChI=1S/C64H50N2/c1-2-3-12-44-21-23-46(24-22-44)48-29-31-51(32-30-48)52-15-11-16-56(41-52)66-62-20-10-8-18-58(62)60-43-54(36-40-64(60)66)53-35-39-63-59(42-53)57-17-7-9-19-61(57)65(63)55-37-33-50(34-38-55)49-27-25-47(26-28-49)45-13-5-4-6-14-45/h4-11,13-31,33-43,51H,2-3,12,32H2,1H3. The molecule has 0 N–H and O–H groups in total. The highest BCUT2D eigenvalue weighted by molar-refractivity contribution is 6.12. The van der Waals surface area contributed by atoms with Crippen molar-refractivity contribution in [2.24, 2.45) is 0 Å². The van der Waals surface area contributed by atoms with Crippen molar-refractivity contribution in [3.63, 3.8) is 0 Å². The molecule has 2 heteroatoms. The van der Waals surface area contributed by atoms with Gasteiger partial charge in [-0.1, -0.05) is 183 Å². The zero-order valence-electron chi connectivity index (χ0n) is 37.2. The van der Waals surface area contributed by atoms with Gasteiger partial charge in [-0.15, -0.1) is 0 Å². The Kier molecular flexibility index (Phi) is 10.1. The van der Waals surface area contributed by atoms with Gasteiger partial charge >= 0.3 is 0 Å². The maximum Gasteiger partial charge on any atom is 0.0541 e. The Hall–Kier alpha value is -7.94. The lowest BCUT2D eigenvalue weighted by Crippen LogP contribution is -2.01. The summed E-state index contributed by atoms with van der Waals surface area (Å²) in [4.78, 5) is 0. The van der Waals surface area contributed by atoms with Crippen LogP contribution in [0.3, 0.4) is 0 Å². The van der Waals surface area contributed by atoms with E-state index in [1.54, 1.807) is 0 Å². The van der Waals surface area contributed by atoms with Crippen LogP contribution in [-0.2, 0) is 6.42 Å². The van der Waals surface area contributed by atoms with Gasteiger partial charge in [0.2, 0.25) is 0 Å². The first-order chi connectivity index (χ1) is 32.7. The second-order valence-corrected chi connectivity index (χ2v) is 17.9. The van der Waals surface area contributed by atoms with E-state index in [4.69, 9.17) is 0 Å². The highest BCUT2D eigenvalue weighted by Gasteiger charge is 2.18. The predicted molar refractivity (Wildman–Crippen MR) is 281 cm³/mol. The van der Waals surface area contributed by atoms with Gasteiger partial charge in [-0.25, -0.2) is 0 Å². The number of hydrogen-bond acceptors (Lipinski definition) is 0. The van der Waals surface area contributed by atoms with Crippen molar-refractivity contribution in [2.45, 2.75) is 38.5 Å². The van der Waals surface area contributed by atoms with Gasteiger partial charge < -0.3 is 9.13 Å². The minimum Gasteiger partial charge on any atom is -0.309 e. The van der Waals surface area contributed by atoms with E-state index >= 15 is 0 Å². The van der Waals surface area contributed by atoms with Crippen LogP contribution < -0.4 is 0 Å². The molecule has 0 saturated heterocycles. The summed E-state index contributed by atoms with van der Waals surface area (Å²) in [6.07, 6.45) is 11.8. The summed E-state index contributed by atoms with van der Waals surface area (Å²) >= 11 is 0. The Labute approximate surface area is 387 Å². The van der Waals surface area contributed by atoms with E-state index in [-0.39, 0.29) is 0 Å². The lowest BCUT2D eigenvalue weighted by Gasteiger charge is -2.18. The topological polar surface area (TPSA) is 9.86 Å². The predicted octanol–water partition coefficient (Wildman–Crippen LogP) is 17.4. The van der Waals surface area contributed by atoms with E-state index in [0.29, 0.717) is 5.92 Å². The maximum absolute atomic E-state index is 2.45. The number of aromatic nitrogens is 2. The smallest absolute Gasteiger partial charge is 0.0541 e. The second kappa shape index (κ2) is 16.9. The molecular weight excluding hydrogens is 797 g/mol. The Morgan fingerprint density at radius 3 is 1.52 bits per heavy atom. The van der Waals surface area contributed by atoms with Crippen molar-refractivity contribution in [3.8, 4) is 44.8 Å². The van der Waals surface area contributed by atoms with Crippen molar-refractivity contribution >= 4 is 49.2 Å². The number of benzene rings is 9. The van der Waals surface area contributed by atoms with Gasteiger partial charge in [-0.05, 0) is 136 Å². The molecule has 11 aromatic rings. The number of rotatable bonds is 10. The molecule has 1 aliphatic rings. The lowest BCUT2D eigenvalue weighted by molar-refractivity contribution is 0.795. The van der Waals surface area contributed by atoms with Crippen LogP contribution in [0.15, 0.2) is 231 Å². The fraction of sp³-hybridized carbons (Fsp3) is 0.0938. The Morgan fingerprint density at radius 1 is 0.409 bits per heavy atom. The molecule has 0 spiro atoms. The first kappa shape index (κ1) is 39.6. The number of unbranched alkanes of at least 4 members (excludes halogenated alkanes) is 1. The third-order valence-corrected chi connectivity index (χ3v) is 13.9. The molecule has 2 nitrogen and oxygen atoms in total. The molecule has 316 valence electrons. The molecule has 0 fully saturated rings. The van der Waals surface area contributed by atoms with Gasteiger partial charge in [-0.2, -0.15) is 0 Å². The quantitative estimate of drug-likeness (QED) is 0.130. The summed E-state index contributed by atoms with van der Waals surface area (Å²) in [5.74, 6) is 0.334. The molecular formula is C64H50N2. The van der Waals surface area contributed by atoms with Gasteiger partial charge in [0.1, 0.15) is 0 Å². The van der Waals surface area contributed by atoms with Crippen LogP contribution in [0.2, 0.25) is 0 Å². The summed E-state index contributed by atoms with van der Waals surface area (Å²) in [7, 11) is 0. The van der Waals surface area contributed by atoms with Crippen LogP contribution in [0, 0.1) is 0 Å². The van der Waals surface area contributed by atoms with Crippen molar-refractivity contribution in [1.82, 2.24) is 9.13 Å². The third-order valence-electron chi connectivity index (χ3n) is 13.9. The van der Waals surface area contributed by atoms with Crippen LogP contribution in [0.4, 0.5) is 0 Å². The summed E-state index contributed by atoms with van der Waals surface area (Å²) in [6, 6.07) is 78.5. The number of fused-ring (bicyclic) bond motifs is 6. The van der Waals surface area contributed by atoms with Crippen molar-refractivity contribution < 1.29 is 0 Å². The fourth-order valence-corrected chi connectivity index (χ4v) is 10.4. The van der Waals surface area contributed by atoms with Crippen LogP contribution in [-0.4, -0.2) is 9.13 Å². The number of para-hydroxylation sites is 2. The monoisotopic (exact) mass is 846 g/mol. The van der Waals surface area contributed by atoms with Gasteiger partial charge in [0, 0.05) is 38.8 Å². The highest BCUT2D eigenvalue weighted by Crippen LogP contribution is 2.40. The largest absolute Gasteiger partial charge is 0.309 e. The van der Waals surface area contributed by atoms with Crippen LogP contribution in [0.25, 0.3) is 93.9 Å². The minimum absolute atomic E-state index is 0.334. The summed E-state index contributed by atoms with van der Waals surface area (Å²) in [5, 5.41) is 5.03. The maximum atomic E-state index is 2.45. The van der Waals surface area contributed by atoms with E-state index in [0.717, 1.165) is 18.5 Å². The molecule has 0 aliphatic heterocycles. The molecule has 1 atom stereocenters. The average Bonchev–Trinajstić information content (AvgIpc) is 3.91. The molecule has 2 aromatic heterocycles. The van der Waals surface area contributed by atoms with Crippen LogP contribution >= 0.6 is 0 Å². The third kappa shape index (κ3) is 7.16. The molecule has 1 aliphatic carbocycles. The number of allylic oxidation sites excluding steroid dienone is 4. The summed E-state index contributed by atoms with van der Waals surface area (Å²) in [6.45, 7) is 2.26. The van der Waals surface area contributed by atoms with E-state index in [1.165, 1.54) is 118 Å². The number of nitrogens with zero attached hydrogens (tertiary/aromatic N) is 2. The number of aryl methyl sites for hydroxylation is 1.